The molecule has 0 atom stereocenters. The van der Waals surface area contributed by atoms with Crippen LogP contribution in [0.25, 0.3) is 0 Å². The largest absolute Gasteiger partial charge is 0.398 e. The van der Waals surface area contributed by atoms with Gasteiger partial charge < -0.3 is 10.6 Å². The molecule has 48 valence electrons. The second kappa shape index (κ2) is 3.50. The Bertz CT molecular complexity index is 177. The van der Waals surface area contributed by atoms with Crippen molar-refractivity contribution in [1.29, 1.82) is 5.26 Å². The van der Waals surface area contributed by atoms with Gasteiger partial charge in [-0.25, -0.2) is 0 Å². The molecule has 0 radical (unpaired) electrons. The third kappa shape index (κ3) is 2.34. The first-order valence-electron chi connectivity index (χ1n) is 2.18. The van der Waals surface area contributed by atoms with E-state index in [1.165, 1.54) is 7.11 Å². The predicted molar refractivity (Wildman–Crippen MR) is 33.4 cm³/mol. The molecule has 0 aromatic carbocycles. The zero-order valence-electron chi connectivity index (χ0n) is 5.09. The van der Waals surface area contributed by atoms with Gasteiger partial charge in [0.25, 0.3) is 0 Å². The highest BCUT2D eigenvalue weighted by atomic mass is 16.6. The van der Waals surface area contributed by atoms with Gasteiger partial charge in [-0.1, -0.05) is 11.7 Å². The van der Waals surface area contributed by atoms with Gasteiger partial charge in [0.1, 0.15) is 13.2 Å². The maximum Gasteiger partial charge on any atom is 0.201 e. The molecule has 4 nitrogen and oxygen atoms in total. The van der Waals surface area contributed by atoms with Crippen LogP contribution in [0.2, 0.25) is 0 Å². The Labute approximate surface area is 53.2 Å². The lowest BCUT2D eigenvalue weighted by Gasteiger charge is -1.90. The summed E-state index contributed by atoms with van der Waals surface area (Å²) in [6, 6.07) is 1.70. The van der Waals surface area contributed by atoms with Crippen LogP contribution in [0.3, 0.4) is 0 Å². The lowest BCUT2D eigenvalue weighted by atomic mass is 10.3. The molecular weight excluding hydrogens is 118 g/mol. The van der Waals surface area contributed by atoms with Gasteiger partial charge in [0.2, 0.25) is 5.71 Å². The highest BCUT2D eigenvalue weighted by molar-refractivity contribution is 6.09. The third-order valence-corrected chi connectivity index (χ3v) is 0.593. The maximum atomic E-state index is 8.23. The smallest absolute Gasteiger partial charge is 0.201 e. The van der Waals surface area contributed by atoms with E-state index >= 15 is 0 Å². The van der Waals surface area contributed by atoms with E-state index in [1.54, 1.807) is 6.07 Å². The molecule has 0 bridgehead atoms. The molecule has 0 aliphatic heterocycles. The van der Waals surface area contributed by atoms with Gasteiger partial charge in [0, 0.05) is 0 Å². The van der Waals surface area contributed by atoms with Crippen molar-refractivity contribution < 1.29 is 4.84 Å². The topological polar surface area (TPSA) is 71.4 Å². The highest BCUT2D eigenvalue weighted by Gasteiger charge is 1.96. The molecular formula is C5H7N3O. The Kier molecular flexibility index (Phi) is 2.91. The quantitative estimate of drug-likeness (QED) is 0.416. The summed E-state index contributed by atoms with van der Waals surface area (Å²) in [5.74, 6) is 0. The summed E-state index contributed by atoms with van der Waals surface area (Å²) in [7, 11) is 1.33. The lowest BCUT2D eigenvalue weighted by Crippen LogP contribution is -2.07. The summed E-state index contributed by atoms with van der Waals surface area (Å²) in [5, 5.41) is 11.5. The molecule has 0 amide bonds. The molecule has 0 fully saturated rings. The van der Waals surface area contributed by atoms with Gasteiger partial charge in [-0.2, -0.15) is 5.26 Å². The Morgan fingerprint density at radius 1 is 1.89 bits per heavy atom. The van der Waals surface area contributed by atoms with Crippen LogP contribution in [-0.2, 0) is 4.84 Å². The Hall–Kier alpha value is -1.50. The first kappa shape index (κ1) is 7.50. The second-order valence-electron chi connectivity index (χ2n) is 1.26. The standard InChI is InChI=1S/C5H7N3O/c1-4(7)5(3-6)8-9-2/h1,7H2,2H3. The molecule has 0 unspecified atom stereocenters. The third-order valence-electron chi connectivity index (χ3n) is 0.593. The first-order valence-corrected chi connectivity index (χ1v) is 2.18. The van der Waals surface area contributed by atoms with Crippen molar-refractivity contribution in [3.63, 3.8) is 0 Å². The number of oxime groups is 1. The van der Waals surface area contributed by atoms with Crippen LogP contribution in [0.15, 0.2) is 17.4 Å². The monoisotopic (exact) mass is 125 g/mol. The van der Waals surface area contributed by atoms with Gasteiger partial charge >= 0.3 is 0 Å². The summed E-state index contributed by atoms with van der Waals surface area (Å²) in [6.07, 6.45) is 0. The molecule has 0 rings (SSSR count). The van der Waals surface area contributed by atoms with E-state index in [0.29, 0.717) is 0 Å². The van der Waals surface area contributed by atoms with E-state index in [2.05, 4.69) is 16.6 Å². The number of nitrogens with two attached hydrogens (primary N) is 1. The molecule has 0 aliphatic rings. The number of nitriles is 1. The van der Waals surface area contributed by atoms with Crippen molar-refractivity contribution in [1.82, 2.24) is 0 Å². The molecule has 2 N–H and O–H groups in total. The van der Waals surface area contributed by atoms with Gasteiger partial charge in [0.05, 0.1) is 5.70 Å². The minimum atomic E-state index is 0.0116. The highest BCUT2D eigenvalue weighted by Crippen LogP contribution is 1.84. The molecule has 0 heterocycles. The Balaban J connectivity index is 4.20. The summed E-state index contributed by atoms with van der Waals surface area (Å²) >= 11 is 0. The van der Waals surface area contributed by atoms with E-state index < -0.39 is 0 Å². The van der Waals surface area contributed by atoms with E-state index in [0.717, 1.165) is 0 Å². The van der Waals surface area contributed by atoms with E-state index in [-0.39, 0.29) is 11.4 Å². The van der Waals surface area contributed by atoms with Crippen LogP contribution < -0.4 is 5.73 Å². The van der Waals surface area contributed by atoms with Gasteiger partial charge in [0.15, 0.2) is 0 Å². The SMILES string of the molecule is C=C(N)C(C#N)=NOC. The number of hydrogen-bond donors (Lipinski definition) is 1. The molecule has 0 aliphatic carbocycles. The Morgan fingerprint density at radius 3 is 2.56 bits per heavy atom. The van der Waals surface area contributed by atoms with E-state index in [4.69, 9.17) is 11.0 Å². The van der Waals surface area contributed by atoms with Crippen molar-refractivity contribution in [3.05, 3.63) is 12.3 Å². The van der Waals surface area contributed by atoms with Gasteiger partial charge in [-0.15, -0.1) is 0 Å². The molecule has 0 saturated carbocycles. The minimum absolute atomic E-state index is 0.0116. The lowest BCUT2D eigenvalue weighted by molar-refractivity contribution is 0.214. The number of hydrogen-bond acceptors (Lipinski definition) is 4. The van der Waals surface area contributed by atoms with Crippen LogP contribution in [-0.4, -0.2) is 12.8 Å². The van der Waals surface area contributed by atoms with Crippen molar-refractivity contribution in [2.45, 2.75) is 0 Å². The fourth-order valence-electron chi connectivity index (χ4n) is 0.242. The fraction of sp³-hybridized carbons (Fsp3) is 0.200. The minimum Gasteiger partial charge on any atom is -0.398 e. The molecule has 0 saturated heterocycles. The van der Waals surface area contributed by atoms with Crippen molar-refractivity contribution in [3.8, 4) is 6.07 Å². The average molecular weight is 125 g/mol. The summed E-state index contributed by atoms with van der Waals surface area (Å²) in [5.41, 5.74) is 5.23. The molecule has 9 heavy (non-hydrogen) atoms. The number of rotatable bonds is 2. The van der Waals surface area contributed by atoms with Crippen LogP contribution in [0.5, 0.6) is 0 Å². The normalized spacial score (nSPS) is 10.0. The van der Waals surface area contributed by atoms with Crippen LogP contribution in [0.1, 0.15) is 0 Å². The molecule has 0 spiro atoms. The first-order chi connectivity index (χ1) is 4.22. The zero-order chi connectivity index (χ0) is 7.28. The van der Waals surface area contributed by atoms with Crippen molar-refractivity contribution in [2.75, 3.05) is 7.11 Å². The van der Waals surface area contributed by atoms with Crippen molar-refractivity contribution in [2.24, 2.45) is 10.9 Å². The Morgan fingerprint density at radius 2 is 2.44 bits per heavy atom. The van der Waals surface area contributed by atoms with Gasteiger partial charge in [-0.3, -0.25) is 0 Å². The molecule has 4 heteroatoms. The van der Waals surface area contributed by atoms with E-state index in [1.807, 2.05) is 0 Å². The maximum absolute atomic E-state index is 8.23. The van der Waals surface area contributed by atoms with Crippen molar-refractivity contribution >= 4 is 5.71 Å². The number of allylic oxidation sites excluding steroid dienone is 1. The van der Waals surface area contributed by atoms with Gasteiger partial charge in [-0.05, 0) is 0 Å². The zero-order valence-corrected chi connectivity index (χ0v) is 5.09. The average Bonchev–Trinajstić information content (AvgIpc) is 1.82. The summed E-state index contributed by atoms with van der Waals surface area (Å²) < 4.78 is 0. The molecule has 0 aromatic rings. The molecule has 0 aromatic heterocycles. The second-order valence-corrected chi connectivity index (χ2v) is 1.26. The van der Waals surface area contributed by atoms with Crippen LogP contribution >= 0.6 is 0 Å². The van der Waals surface area contributed by atoms with E-state index in [9.17, 15) is 0 Å². The predicted octanol–water partition coefficient (Wildman–Crippen LogP) is -0.0152. The van der Waals surface area contributed by atoms with Crippen LogP contribution in [0.4, 0.5) is 0 Å². The van der Waals surface area contributed by atoms with Crippen LogP contribution in [0, 0.1) is 11.3 Å². The summed E-state index contributed by atoms with van der Waals surface area (Å²) in [4.78, 5) is 4.28. The number of nitrogens with zero attached hydrogens (tertiary/aromatic N) is 2. The summed E-state index contributed by atoms with van der Waals surface area (Å²) in [6.45, 7) is 3.29. The fourth-order valence-corrected chi connectivity index (χ4v) is 0.242.